The van der Waals surface area contributed by atoms with Gasteiger partial charge in [0, 0.05) is 29.3 Å². The molecule has 2 N–H and O–H groups in total. The summed E-state index contributed by atoms with van der Waals surface area (Å²) in [6, 6.07) is 0.0371. The van der Waals surface area contributed by atoms with Crippen molar-refractivity contribution in [1.82, 2.24) is 15.1 Å². The van der Waals surface area contributed by atoms with Crippen molar-refractivity contribution >= 4 is 5.57 Å². The standard InChI is InChI=1S/C26H29N3O/c1-3-23(18-30)28-24-11-10-21-8-5-9-25(26(21)13-12-24)22-15-27-29(17-22)16-20-7-4-6-19(2)14-20/h4-7,9-11,13,15,17,19,23,26,28,30H,3,14,16,18H2,1-2H3. The lowest BCUT2D eigenvalue weighted by atomic mass is 9.85. The lowest BCUT2D eigenvalue weighted by Crippen LogP contribution is -2.30. The highest BCUT2D eigenvalue weighted by Crippen LogP contribution is 2.34. The lowest BCUT2D eigenvalue weighted by Gasteiger charge is -2.17. The third kappa shape index (κ3) is 4.58. The summed E-state index contributed by atoms with van der Waals surface area (Å²) in [6.07, 6.45) is 22.9. The van der Waals surface area contributed by atoms with Crippen LogP contribution in [0.5, 0.6) is 0 Å². The van der Waals surface area contributed by atoms with Crippen LogP contribution >= 0.6 is 0 Å². The molecule has 0 saturated carbocycles. The van der Waals surface area contributed by atoms with Gasteiger partial charge in [-0.05, 0) is 60.3 Å². The number of nitrogens with zero attached hydrogens (tertiary/aromatic N) is 2. The lowest BCUT2D eigenvalue weighted by molar-refractivity contribution is 0.247. The van der Waals surface area contributed by atoms with Crippen LogP contribution in [0.4, 0.5) is 0 Å². The number of aliphatic hydroxyl groups is 1. The van der Waals surface area contributed by atoms with Crippen molar-refractivity contribution in [3.8, 4) is 0 Å². The maximum absolute atomic E-state index is 9.47. The van der Waals surface area contributed by atoms with Crippen molar-refractivity contribution in [2.75, 3.05) is 6.61 Å². The Balaban J connectivity index is 1.54. The zero-order chi connectivity index (χ0) is 20.9. The molecule has 0 aromatic carbocycles. The highest BCUT2D eigenvalue weighted by Gasteiger charge is 2.21. The first-order valence-electron chi connectivity index (χ1n) is 10.7. The number of nitrogens with one attached hydrogen (secondary N) is 1. The van der Waals surface area contributed by atoms with E-state index in [0.29, 0.717) is 5.92 Å². The summed E-state index contributed by atoms with van der Waals surface area (Å²) in [5.74, 6) is 0.684. The number of aromatic nitrogens is 2. The SMILES string of the molecule is CCC(CO)NC1=C=CC2C(=C=CC=C2c2cnn(CC3=CC=CC(C)C3)c2)C=C1. The van der Waals surface area contributed by atoms with Crippen LogP contribution in [0.15, 0.2) is 89.3 Å². The van der Waals surface area contributed by atoms with Crippen molar-refractivity contribution in [3.63, 3.8) is 0 Å². The van der Waals surface area contributed by atoms with Crippen molar-refractivity contribution in [3.05, 3.63) is 94.9 Å². The predicted octanol–water partition coefficient (Wildman–Crippen LogP) is 4.47. The second kappa shape index (κ2) is 9.19. The van der Waals surface area contributed by atoms with Crippen LogP contribution in [0.1, 0.15) is 32.3 Å². The molecule has 0 saturated heterocycles. The molecule has 30 heavy (non-hydrogen) atoms. The smallest absolute Gasteiger partial charge is 0.0773 e. The molecule has 4 nitrogen and oxygen atoms in total. The van der Waals surface area contributed by atoms with Crippen LogP contribution in [-0.4, -0.2) is 27.5 Å². The van der Waals surface area contributed by atoms with Gasteiger partial charge in [-0.1, -0.05) is 37.8 Å². The zero-order valence-corrected chi connectivity index (χ0v) is 17.7. The van der Waals surface area contributed by atoms with Gasteiger partial charge in [-0.3, -0.25) is 4.68 Å². The summed E-state index contributed by atoms with van der Waals surface area (Å²) < 4.78 is 2.03. The van der Waals surface area contributed by atoms with E-state index < -0.39 is 0 Å². The number of hydrogen-bond donors (Lipinski definition) is 2. The van der Waals surface area contributed by atoms with Crippen molar-refractivity contribution in [2.45, 2.75) is 39.3 Å². The zero-order valence-electron chi connectivity index (χ0n) is 17.7. The Morgan fingerprint density at radius 2 is 2.20 bits per heavy atom. The molecular formula is C26H29N3O. The summed E-state index contributed by atoms with van der Waals surface area (Å²) in [7, 11) is 0. The van der Waals surface area contributed by atoms with Gasteiger partial charge in [-0.15, -0.1) is 5.73 Å². The third-order valence-electron chi connectivity index (χ3n) is 5.78. The van der Waals surface area contributed by atoms with E-state index in [2.05, 4.69) is 78.4 Å². The van der Waals surface area contributed by atoms with Gasteiger partial charge >= 0.3 is 0 Å². The van der Waals surface area contributed by atoms with Gasteiger partial charge in [0.1, 0.15) is 0 Å². The van der Waals surface area contributed by atoms with Crippen LogP contribution in [0.3, 0.4) is 0 Å². The minimum atomic E-state index is 0.0371. The molecule has 4 rings (SSSR count). The van der Waals surface area contributed by atoms with Gasteiger partial charge in [0.2, 0.25) is 0 Å². The highest BCUT2D eigenvalue weighted by atomic mass is 16.3. The average molecular weight is 400 g/mol. The van der Waals surface area contributed by atoms with Crippen LogP contribution < -0.4 is 5.32 Å². The van der Waals surface area contributed by atoms with Gasteiger partial charge in [0.05, 0.1) is 25.0 Å². The predicted molar refractivity (Wildman–Crippen MR) is 121 cm³/mol. The molecular weight excluding hydrogens is 370 g/mol. The fourth-order valence-corrected chi connectivity index (χ4v) is 4.03. The van der Waals surface area contributed by atoms with Crippen LogP contribution in [0.25, 0.3) is 5.57 Å². The molecule has 3 atom stereocenters. The van der Waals surface area contributed by atoms with E-state index in [9.17, 15) is 5.11 Å². The Morgan fingerprint density at radius 1 is 1.30 bits per heavy atom. The first-order chi connectivity index (χ1) is 14.7. The first kappa shape index (κ1) is 20.3. The molecule has 0 bridgehead atoms. The largest absolute Gasteiger partial charge is 0.394 e. The Bertz CT molecular complexity index is 1050. The van der Waals surface area contributed by atoms with E-state index >= 15 is 0 Å². The maximum atomic E-state index is 9.47. The van der Waals surface area contributed by atoms with Crippen molar-refractivity contribution in [1.29, 1.82) is 0 Å². The number of aliphatic hydroxyl groups excluding tert-OH is 1. The van der Waals surface area contributed by atoms with E-state index in [0.717, 1.165) is 36.2 Å². The average Bonchev–Trinajstić information content (AvgIpc) is 3.11. The Kier molecular flexibility index (Phi) is 6.21. The highest BCUT2D eigenvalue weighted by molar-refractivity contribution is 5.74. The topological polar surface area (TPSA) is 50.1 Å². The normalized spacial score (nSPS) is 23.2. The molecule has 4 heteroatoms. The molecule has 0 spiro atoms. The number of rotatable bonds is 7. The second-order valence-electron chi connectivity index (χ2n) is 8.17. The fraction of sp³-hybridized carbons (Fsp3) is 0.346. The Morgan fingerprint density at radius 3 is 3.00 bits per heavy atom. The van der Waals surface area contributed by atoms with E-state index in [1.54, 1.807) is 0 Å². The minimum absolute atomic E-state index is 0.0371. The van der Waals surface area contributed by atoms with Crippen LogP contribution in [0.2, 0.25) is 0 Å². The number of allylic oxidation sites excluding steroid dienone is 9. The van der Waals surface area contributed by atoms with Gasteiger partial charge in [-0.2, -0.15) is 5.10 Å². The van der Waals surface area contributed by atoms with Crippen molar-refractivity contribution in [2.24, 2.45) is 11.8 Å². The second-order valence-corrected chi connectivity index (χ2v) is 8.17. The molecule has 154 valence electrons. The molecule has 3 unspecified atom stereocenters. The monoisotopic (exact) mass is 399 g/mol. The molecule has 1 aromatic rings. The van der Waals surface area contributed by atoms with Gasteiger partial charge in [0.25, 0.3) is 0 Å². The molecule has 0 amide bonds. The first-order valence-corrected chi connectivity index (χ1v) is 10.7. The minimum Gasteiger partial charge on any atom is -0.394 e. The quantitative estimate of drug-likeness (QED) is 0.665. The molecule has 0 radical (unpaired) electrons. The summed E-state index contributed by atoms with van der Waals surface area (Å²) in [5.41, 5.74) is 12.5. The van der Waals surface area contributed by atoms with Gasteiger partial charge in [-0.25, -0.2) is 0 Å². The van der Waals surface area contributed by atoms with Crippen LogP contribution in [-0.2, 0) is 6.54 Å². The Hall–Kier alpha value is -3.03. The van der Waals surface area contributed by atoms with E-state index in [1.165, 1.54) is 11.1 Å². The molecule has 1 aromatic heterocycles. The summed E-state index contributed by atoms with van der Waals surface area (Å²) in [4.78, 5) is 0. The molecule has 0 aliphatic heterocycles. The van der Waals surface area contributed by atoms with E-state index in [-0.39, 0.29) is 18.6 Å². The third-order valence-corrected chi connectivity index (χ3v) is 5.78. The molecule has 1 heterocycles. The van der Waals surface area contributed by atoms with E-state index in [4.69, 9.17) is 0 Å². The fourth-order valence-electron chi connectivity index (χ4n) is 4.03. The van der Waals surface area contributed by atoms with Crippen molar-refractivity contribution < 1.29 is 5.11 Å². The van der Waals surface area contributed by atoms with E-state index in [1.807, 2.05) is 23.0 Å². The maximum Gasteiger partial charge on any atom is 0.0773 e. The van der Waals surface area contributed by atoms with Gasteiger partial charge in [0.15, 0.2) is 0 Å². The Labute approximate surface area is 178 Å². The molecule has 0 fully saturated rings. The summed E-state index contributed by atoms with van der Waals surface area (Å²) in [6.45, 7) is 5.24. The van der Waals surface area contributed by atoms with Gasteiger partial charge < -0.3 is 10.4 Å². The molecule has 3 aliphatic carbocycles. The summed E-state index contributed by atoms with van der Waals surface area (Å²) >= 11 is 0. The summed E-state index contributed by atoms with van der Waals surface area (Å²) in [5, 5.41) is 17.4. The molecule has 3 aliphatic rings. The van der Waals surface area contributed by atoms with Crippen LogP contribution in [0, 0.1) is 11.8 Å². The number of hydrogen-bond acceptors (Lipinski definition) is 3. The number of fused-ring (bicyclic) bond motifs is 1.